The lowest BCUT2D eigenvalue weighted by Gasteiger charge is -2.34. The Labute approximate surface area is 145 Å². The Hall–Kier alpha value is -0.950. The molecule has 6 heteroatoms. The van der Waals surface area contributed by atoms with Gasteiger partial charge in [-0.25, -0.2) is 13.6 Å². The lowest BCUT2D eigenvalue weighted by atomic mass is 9.99. The van der Waals surface area contributed by atoms with E-state index in [1.165, 1.54) is 44.3 Å². The zero-order valence-electron chi connectivity index (χ0n) is 14.6. The number of nitrogens with zero attached hydrogens (tertiary/aromatic N) is 2. The van der Waals surface area contributed by atoms with Gasteiger partial charge in [-0.1, -0.05) is 12.5 Å². The molecule has 24 heavy (non-hydrogen) atoms. The molecule has 0 saturated carbocycles. The van der Waals surface area contributed by atoms with Crippen molar-refractivity contribution in [2.45, 2.75) is 56.5 Å². The Morgan fingerprint density at radius 1 is 1.17 bits per heavy atom. The van der Waals surface area contributed by atoms with Gasteiger partial charge in [0.25, 0.3) is 0 Å². The van der Waals surface area contributed by atoms with Crippen molar-refractivity contribution in [3.05, 3.63) is 29.3 Å². The van der Waals surface area contributed by atoms with E-state index in [4.69, 9.17) is 5.14 Å². The minimum Gasteiger partial charge on any atom is -0.301 e. The maximum atomic E-state index is 11.5. The van der Waals surface area contributed by atoms with Gasteiger partial charge >= 0.3 is 0 Å². The molecule has 2 heterocycles. The molecule has 1 aromatic rings. The number of nitrogens with two attached hydrogens (primary N) is 1. The fourth-order valence-electron chi connectivity index (χ4n) is 3.95. The van der Waals surface area contributed by atoms with E-state index in [-0.39, 0.29) is 4.90 Å². The maximum Gasteiger partial charge on any atom is 0.238 e. The maximum absolute atomic E-state index is 11.5. The van der Waals surface area contributed by atoms with Crippen molar-refractivity contribution in [1.82, 2.24) is 9.80 Å². The summed E-state index contributed by atoms with van der Waals surface area (Å²) >= 11 is 0. The SMILES string of the molecule is CC1CCCCN1CCCN1CCc2ccc(S(N)(=O)=O)cc2C1. The van der Waals surface area contributed by atoms with Crippen molar-refractivity contribution in [3.63, 3.8) is 0 Å². The molecule has 1 saturated heterocycles. The first-order valence-corrected chi connectivity index (χ1v) is 10.6. The molecular weight excluding hydrogens is 322 g/mol. The summed E-state index contributed by atoms with van der Waals surface area (Å²) in [6.07, 6.45) is 6.19. The average Bonchev–Trinajstić information content (AvgIpc) is 2.55. The summed E-state index contributed by atoms with van der Waals surface area (Å²) in [7, 11) is -3.62. The van der Waals surface area contributed by atoms with E-state index in [9.17, 15) is 8.42 Å². The summed E-state index contributed by atoms with van der Waals surface area (Å²) < 4.78 is 23.1. The largest absolute Gasteiger partial charge is 0.301 e. The number of benzene rings is 1. The summed E-state index contributed by atoms with van der Waals surface area (Å²) in [5, 5.41) is 5.25. The molecule has 0 aromatic heterocycles. The van der Waals surface area contributed by atoms with Crippen molar-refractivity contribution in [1.29, 1.82) is 0 Å². The summed E-state index contributed by atoms with van der Waals surface area (Å²) in [5.74, 6) is 0. The number of hydrogen-bond acceptors (Lipinski definition) is 4. The average molecular weight is 352 g/mol. The van der Waals surface area contributed by atoms with E-state index in [1.807, 2.05) is 6.07 Å². The van der Waals surface area contributed by atoms with Gasteiger partial charge in [0.2, 0.25) is 10.0 Å². The second-order valence-corrected chi connectivity index (χ2v) is 8.80. The molecule has 3 rings (SSSR count). The molecule has 2 aliphatic heterocycles. The van der Waals surface area contributed by atoms with Gasteiger partial charge in [0.1, 0.15) is 0 Å². The minimum absolute atomic E-state index is 0.227. The molecular formula is C18H29N3O2S. The fraction of sp³-hybridized carbons (Fsp3) is 0.667. The highest BCUT2D eigenvalue weighted by Gasteiger charge is 2.20. The number of primary sulfonamides is 1. The van der Waals surface area contributed by atoms with Crippen LogP contribution in [0, 0.1) is 0 Å². The molecule has 2 aliphatic rings. The summed E-state index contributed by atoms with van der Waals surface area (Å²) in [6, 6.07) is 6.02. The Kier molecular flexibility index (Phi) is 5.59. The molecule has 1 fully saturated rings. The molecule has 0 aliphatic carbocycles. The van der Waals surface area contributed by atoms with E-state index in [1.54, 1.807) is 12.1 Å². The van der Waals surface area contributed by atoms with E-state index in [0.717, 1.165) is 37.7 Å². The topological polar surface area (TPSA) is 66.6 Å². The monoisotopic (exact) mass is 351 g/mol. The lowest BCUT2D eigenvalue weighted by Crippen LogP contribution is -2.39. The van der Waals surface area contributed by atoms with Gasteiger partial charge in [-0.3, -0.25) is 4.90 Å². The third kappa shape index (κ3) is 4.36. The zero-order chi connectivity index (χ0) is 17.2. The van der Waals surface area contributed by atoms with Gasteiger partial charge in [0, 0.05) is 19.1 Å². The van der Waals surface area contributed by atoms with E-state index in [0.29, 0.717) is 0 Å². The molecule has 5 nitrogen and oxygen atoms in total. The highest BCUT2D eigenvalue weighted by Crippen LogP contribution is 2.22. The van der Waals surface area contributed by atoms with Gasteiger partial charge < -0.3 is 4.90 Å². The van der Waals surface area contributed by atoms with Crippen molar-refractivity contribution in [3.8, 4) is 0 Å². The van der Waals surface area contributed by atoms with Crippen molar-refractivity contribution in [2.24, 2.45) is 5.14 Å². The number of fused-ring (bicyclic) bond motifs is 1. The molecule has 0 radical (unpaired) electrons. The molecule has 0 amide bonds. The molecule has 1 aromatic carbocycles. The van der Waals surface area contributed by atoms with Crippen molar-refractivity contribution < 1.29 is 8.42 Å². The second kappa shape index (κ2) is 7.52. The first kappa shape index (κ1) is 17.9. The minimum atomic E-state index is -3.62. The standard InChI is InChI=1S/C18H29N3O2S/c1-15-5-2-3-10-21(15)11-4-9-20-12-8-16-6-7-18(24(19,22)23)13-17(16)14-20/h6-7,13,15H,2-5,8-12,14H2,1H3,(H2,19,22,23). The Morgan fingerprint density at radius 2 is 2.00 bits per heavy atom. The van der Waals surface area contributed by atoms with Crippen LogP contribution in [0.15, 0.2) is 23.1 Å². The molecule has 0 spiro atoms. The van der Waals surface area contributed by atoms with Gasteiger partial charge in [-0.15, -0.1) is 0 Å². The smallest absolute Gasteiger partial charge is 0.238 e. The quantitative estimate of drug-likeness (QED) is 0.881. The zero-order valence-corrected chi connectivity index (χ0v) is 15.4. The molecule has 134 valence electrons. The van der Waals surface area contributed by atoms with Crippen molar-refractivity contribution >= 4 is 10.0 Å². The van der Waals surface area contributed by atoms with E-state index in [2.05, 4.69) is 16.7 Å². The molecule has 1 unspecified atom stereocenters. The Morgan fingerprint density at radius 3 is 2.75 bits per heavy atom. The predicted molar refractivity (Wildman–Crippen MR) is 96.3 cm³/mol. The summed E-state index contributed by atoms with van der Waals surface area (Å²) in [5.41, 5.74) is 2.36. The third-order valence-electron chi connectivity index (χ3n) is 5.46. The van der Waals surface area contributed by atoms with Crippen LogP contribution in [-0.2, 0) is 23.0 Å². The highest BCUT2D eigenvalue weighted by atomic mass is 32.2. The predicted octanol–water partition coefficient (Wildman–Crippen LogP) is 1.96. The summed E-state index contributed by atoms with van der Waals surface area (Å²) in [6.45, 7) is 7.70. The molecule has 2 N–H and O–H groups in total. The second-order valence-electron chi connectivity index (χ2n) is 7.24. The fourth-order valence-corrected chi connectivity index (χ4v) is 4.51. The van der Waals surface area contributed by atoms with Crippen LogP contribution >= 0.6 is 0 Å². The first-order chi connectivity index (χ1) is 11.4. The normalized spacial score (nSPS) is 23.2. The summed E-state index contributed by atoms with van der Waals surface area (Å²) in [4.78, 5) is 5.27. The van der Waals surface area contributed by atoms with Crippen LogP contribution in [0.3, 0.4) is 0 Å². The number of piperidine rings is 1. The Bertz CT molecular complexity index is 675. The van der Waals surface area contributed by atoms with E-state index < -0.39 is 10.0 Å². The van der Waals surface area contributed by atoms with Gasteiger partial charge in [0.05, 0.1) is 4.90 Å². The number of likely N-dealkylation sites (tertiary alicyclic amines) is 1. The highest BCUT2D eigenvalue weighted by molar-refractivity contribution is 7.89. The Balaban J connectivity index is 1.54. The number of sulfonamides is 1. The lowest BCUT2D eigenvalue weighted by molar-refractivity contribution is 0.147. The first-order valence-electron chi connectivity index (χ1n) is 9.04. The van der Waals surface area contributed by atoms with Crippen molar-refractivity contribution in [2.75, 3.05) is 26.2 Å². The van der Waals surface area contributed by atoms with Crippen LogP contribution in [0.25, 0.3) is 0 Å². The molecule has 0 bridgehead atoms. The molecule has 1 atom stereocenters. The van der Waals surface area contributed by atoms with Gasteiger partial charge in [0.15, 0.2) is 0 Å². The van der Waals surface area contributed by atoms with Crippen LogP contribution in [0.2, 0.25) is 0 Å². The number of rotatable bonds is 5. The number of hydrogen-bond donors (Lipinski definition) is 1. The third-order valence-corrected chi connectivity index (χ3v) is 6.37. The van der Waals surface area contributed by atoms with Crippen LogP contribution in [0.5, 0.6) is 0 Å². The van der Waals surface area contributed by atoms with Gasteiger partial charge in [-0.2, -0.15) is 0 Å². The van der Waals surface area contributed by atoms with Crippen LogP contribution in [-0.4, -0.2) is 50.4 Å². The van der Waals surface area contributed by atoms with E-state index >= 15 is 0 Å². The van der Waals surface area contributed by atoms with Crippen LogP contribution in [0.1, 0.15) is 43.7 Å². The van der Waals surface area contributed by atoms with Crippen LogP contribution < -0.4 is 5.14 Å². The van der Waals surface area contributed by atoms with Crippen LogP contribution in [0.4, 0.5) is 0 Å². The van der Waals surface area contributed by atoms with Gasteiger partial charge in [-0.05, 0) is 75.5 Å².